The molecule has 3 heterocycles. The molecule has 0 fully saturated rings. The molecule has 5 rings (SSSR count). The molecule has 9 nitrogen and oxygen atoms in total. The first-order valence-corrected chi connectivity index (χ1v) is 11.2. The molecule has 0 aliphatic carbocycles. The molecule has 0 aliphatic rings. The van der Waals surface area contributed by atoms with Gasteiger partial charge in [0.15, 0.2) is 18.1 Å². The molecule has 1 N–H and O–H groups in total. The van der Waals surface area contributed by atoms with Gasteiger partial charge in [0.1, 0.15) is 17.1 Å². The highest BCUT2D eigenvalue weighted by atomic mass is 16.5. The summed E-state index contributed by atoms with van der Waals surface area (Å²) in [6, 6.07) is 18.9. The summed E-state index contributed by atoms with van der Waals surface area (Å²) in [6.07, 6.45) is 3.09. The lowest BCUT2D eigenvalue weighted by Gasteiger charge is -2.11. The van der Waals surface area contributed by atoms with Gasteiger partial charge in [0.25, 0.3) is 5.91 Å². The highest BCUT2D eigenvalue weighted by molar-refractivity contribution is 5.98. The zero-order chi connectivity index (χ0) is 24.9. The van der Waals surface area contributed by atoms with Crippen LogP contribution in [0.3, 0.4) is 0 Å². The van der Waals surface area contributed by atoms with Gasteiger partial charge in [-0.05, 0) is 61.5 Å². The number of hydrogen-bond acceptors (Lipinski definition) is 8. The van der Waals surface area contributed by atoms with Gasteiger partial charge in [0.2, 0.25) is 0 Å². The zero-order valence-electron chi connectivity index (χ0n) is 19.3. The molecule has 3 aromatic heterocycles. The van der Waals surface area contributed by atoms with E-state index in [1.165, 1.54) is 0 Å². The van der Waals surface area contributed by atoms with Crippen LogP contribution in [0.25, 0.3) is 33.9 Å². The summed E-state index contributed by atoms with van der Waals surface area (Å²) >= 11 is 0. The van der Waals surface area contributed by atoms with E-state index in [4.69, 9.17) is 18.3 Å². The SMILES string of the molecule is CCOc1ccccc1NC(=O)COC(=O)c1ccc2nc(-c3ccco3)c(-c3ccco3)nc2c1. The second-order valence-corrected chi connectivity index (χ2v) is 7.63. The number of furan rings is 2. The molecule has 0 aliphatic heterocycles. The minimum Gasteiger partial charge on any atom is -0.492 e. The maximum atomic E-state index is 12.7. The van der Waals surface area contributed by atoms with Crippen LogP contribution in [0.15, 0.2) is 88.1 Å². The Morgan fingerprint density at radius 3 is 2.22 bits per heavy atom. The van der Waals surface area contributed by atoms with E-state index in [1.54, 1.807) is 79.3 Å². The number of nitrogens with zero attached hydrogens (tertiary/aromatic N) is 2. The fourth-order valence-corrected chi connectivity index (χ4v) is 3.60. The highest BCUT2D eigenvalue weighted by Crippen LogP contribution is 2.31. The molecule has 0 radical (unpaired) electrons. The number of hydrogen-bond donors (Lipinski definition) is 1. The maximum Gasteiger partial charge on any atom is 0.338 e. The summed E-state index contributed by atoms with van der Waals surface area (Å²) in [5, 5.41) is 2.69. The van der Waals surface area contributed by atoms with Gasteiger partial charge >= 0.3 is 5.97 Å². The summed E-state index contributed by atoms with van der Waals surface area (Å²) in [7, 11) is 0. The fourth-order valence-electron chi connectivity index (χ4n) is 3.60. The van der Waals surface area contributed by atoms with E-state index < -0.39 is 18.5 Å². The van der Waals surface area contributed by atoms with Crippen molar-refractivity contribution in [1.29, 1.82) is 0 Å². The van der Waals surface area contributed by atoms with Crippen molar-refractivity contribution in [3.63, 3.8) is 0 Å². The lowest BCUT2D eigenvalue weighted by atomic mass is 10.1. The number of esters is 1. The predicted octanol–water partition coefficient (Wildman–Crippen LogP) is 5.34. The third kappa shape index (κ3) is 4.80. The first kappa shape index (κ1) is 22.9. The Morgan fingerprint density at radius 1 is 0.861 bits per heavy atom. The highest BCUT2D eigenvalue weighted by Gasteiger charge is 2.19. The lowest BCUT2D eigenvalue weighted by molar-refractivity contribution is -0.119. The predicted molar refractivity (Wildman–Crippen MR) is 131 cm³/mol. The molecule has 5 aromatic rings. The number of rotatable bonds is 8. The van der Waals surface area contributed by atoms with Crippen molar-refractivity contribution in [2.45, 2.75) is 6.92 Å². The van der Waals surface area contributed by atoms with E-state index >= 15 is 0 Å². The summed E-state index contributed by atoms with van der Waals surface area (Å²) in [4.78, 5) is 34.4. The molecule has 2 aromatic carbocycles. The molecule has 0 saturated carbocycles. The zero-order valence-corrected chi connectivity index (χ0v) is 19.3. The number of carbonyl (C=O) groups is 2. The molecule has 0 atom stereocenters. The van der Waals surface area contributed by atoms with Crippen molar-refractivity contribution in [1.82, 2.24) is 9.97 Å². The third-order valence-corrected chi connectivity index (χ3v) is 5.20. The van der Waals surface area contributed by atoms with Crippen molar-refractivity contribution in [2.24, 2.45) is 0 Å². The number of aromatic nitrogens is 2. The van der Waals surface area contributed by atoms with Crippen molar-refractivity contribution < 1.29 is 27.9 Å². The van der Waals surface area contributed by atoms with Crippen LogP contribution in [-0.4, -0.2) is 35.1 Å². The molecule has 0 unspecified atom stereocenters. The first-order chi connectivity index (χ1) is 17.6. The van der Waals surface area contributed by atoms with E-state index in [9.17, 15) is 9.59 Å². The standard InChI is InChI=1S/C27H21N3O6/c1-2-33-21-8-4-3-7-19(21)28-24(31)16-36-27(32)17-11-12-18-20(15-17)30-26(23-10-6-14-35-23)25(29-18)22-9-5-13-34-22/h3-15H,2,16H2,1H3,(H,28,31). The monoisotopic (exact) mass is 483 g/mol. The van der Waals surface area contributed by atoms with E-state index in [2.05, 4.69) is 15.3 Å². The molecule has 9 heteroatoms. The molecule has 0 spiro atoms. The molecule has 180 valence electrons. The van der Waals surface area contributed by atoms with E-state index in [0.29, 0.717) is 52.0 Å². The van der Waals surface area contributed by atoms with Crippen LogP contribution < -0.4 is 10.1 Å². The van der Waals surface area contributed by atoms with Crippen LogP contribution in [0.2, 0.25) is 0 Å². The Kier molecular flexibility index (Phi) is 6.44. The number of nitrogens with one attached hydrogen (secondary N) is 1. The van der Waals surface area contributed by atoms with Gasteiger partial charge in [-0.3, -0.25) is 4.79 Å². The molecule has 1 amide bonds. The van der Waals surface area contributed by atoms with Crippen molar-refractivity contribution >= 4 is 28.6 Å². The largest absolute Gasteiger partial charge is 0.492 e. The number of benzene rings is 2. The topological polar surface area (TPSA) is 117 Å². The maximum absolute atomic E-state index is 12.7. The summed E-state index contributed by atoms with van der Waals surface area (Å²) in [6.45, 7) is 1.85. The minimum atomic E-state index is -0.665. The Balaban J connectivity index is 1.35. The number of amides is 1. The number of carbonyl (C=O) groups excluding carboxylic acids is 2. The summed E-state index contributed by atoms with van der Waals surface area (Å²) < 4.78 is 21.8. The second kappa shape index (κ2) is 10.1. The van der Waals surface area contributed by atoms with Gasteiger partial charge in [-0.25, -0.2) is 14.8 Å². The molecule has 0 saturated heterocycles. The number of fused-ring (bicyclic) bond motifs is 1. The van der Waals surface area contributed by atoms with Gasteiger partial charge in [-0.15, -0.1) is 0 Å². The van der Waals surface area contributed by atoms with Crippen LogP contribution in [0.4, 0.5) is 5.69 Å². The normalized spacial score (nSPS) is 10.8. The third-order valence-electron chi connectivity index (χ3n) is 5.20. The second-order valence-electron chi connectivity index (χ2n) is 7.63. The number of ether oxygens (including phenoxy) is 2. The van der Waals surface area contributed by atoms with Crippen molar-refractivity contribution in [3.05, 3.63) is 84.8 Å². The van der Waals surface area contributed by atoms with Crippen LogP contribution in [0.1, 0.15) is 17.3 Å². The average Bonchev–Trinajstić information content (AvgIpc) is 3.62. The number of para-hydroxylation sites is 2. The Hall–Kier alpha value is -4.92. The van der Waals surface area contributed by atoms with Gasteiger partial charge < -0.3 is 23.6 Å². The van der Waals surface area contributed by atoms with Crippen LogP contribution in [0, 0.1) is 0 Å². The average molecular weight is 483 g/mol. The van der Waals surface area contributed by atoms with Gasteiger partial charge in [-0.1, -0.05) is 12.1 Å². The van der Waals surface area contributed by atoms with Crippen molar-refractivity contribution in [2.75, 3.05) is 18.5 Å². The summed E-state index contributed by atoms with van der Waals surface area (Å²) in [5.74, 6) is 0.430. The van der Waals surface area contributed by atoms with Crippen LogP contribution >= 0.6 is 0 Å². The quantitative estimate of drug-likeness (QED) is 0.294. The molecule has 0 bridgehead atoms. The fraction of sp³-hybridized carbons (Fsp3) is 0.111. The van der Waals surface area contributed by atoms with E-state index in [0.717, 1.165) is 0 Å². The van der Waals surface area contributed by atoms with Crippen molar-refractivity contribution in [3.8, 4) is 28.7 Å². The molecular formula is C27H21N3O6. The Morgan fingerprint density at radius 2 is 1.56 bits per heavy atom. The van der Waals surface area contributed by atoms with Gasteiger partial charge in [0.05, 0.1) is 41.4 Å². The number of anilines is 1. The smallest absolute Gasteiger partial charge is 0.338 e. The van der Waals surface area contributed by atoms with Gasteiger partial charge in [0, 0.05) is 0 Å². The lowest BCUT2D eigenvalue weighted by Crippen LogP contribution is -2.21. The first-order valence-electron chi connectivity index (χ1n) is 11.2. The molecule has 36 heavy (non-hydrogen) atoms. The van der Waals surface area contributed by atoms with Gasteiger partial charge in [-0.2, -0.15) is 0 Å². The van der Waals surface area contributed by atoms with Crippen LogP contribution in [-0.2, 0) is 9.53 Å². The summed E-state index contributed by atoms with van der Waals surface area (Å²) in [5.41, 5.74) is 2.73. The van der Waals surface area contributed by atoms with E-state index in [-0.39, 0.29) is 5.56 Å². The van der Waals surface area contributed by atoms with Crippen LogP contribution in [0.5, 0.6) is 5.75 Å². The minimum absolute atomic E-state index is 0.232. The Bertz CT molecular complexity index is 1510. The van der Waals surface area contributed by atoms with E-state index in [1.807, 2.05) is 6.92 Å². The Labute approximate surface area is 205 Å². The molecular weight excluding hydrogens is 462 g/mol.